The van der Waals surface area contributed by atoms with E-state index in [4.69, 9.17) is 0 Å². The number of hydrogen-bond donors (Lipinski definition) is 1. The lowest BCUT2D eigenvalue weighted by atomic mass is 10.0. The van der Waals surface area contributed by atoms with Crippen molar-refractivity contribution in [2.24, 2.45) is 0 Å². The Morgan fingerprint density at radius 2 is 2.18 bits per heavy atom. The maximum Gasteiger partial charge on any atom is 0.156 e. The van der Waals surface area contributed by atoms with Crippen LogP contribution in [0.4, 0.5) is 5.82 Å². The summed E-state index contributed by atoms with van der Waals surface area (Å²) in [5.41, 5.74) is 1.75. The predicted molar refractivity (Wildman–Crippen MR) is 89.9 cm³/mol. The number of rotatable bonds is 6. The van der Waals surface area contributed by atoms with Gasteiger partial charge < -0.3 is 10.2 Å². The molecule has 1 fully saturated rings. The molecule has 1 unspecified atom stereocenters. The van der Waals surface area contributed by atoms with E-state index < -0.39 is 0 Å². The van der Waals surface area contributed by atoms with Crippen LogP contribution >= 0.6 is 0 Å². The SMILES string of the molecule is CC1CCCCN1CCCCNc1ncnc2cccnc12. The predicted octanol–water partition coefficient (Wildman–Crippen LogP) is 3.09. The van der Waals surface area contributed by atoms with Crippen LogP contribution in [0.15, 0.2) is 24.7 Å². The van der Waals surface area contributed by atoms with Gasteiger partial charge in [-0.05, 0) is 57.8 Å². The largest absolute Gasteiger partial charge is 0.368 e. The van der Waals surface area contributed by atoms with Gasteiger partial charge in [0.25, 0.3) is 0 Å². The molecular weight excluding hydrogens is 274 g/mol. The van der Waals surface area contributed by atoms with Crippen LogP contribution in [0.1, 0.15) is 39.0 Å². The number of nitrogens with one attached hydrogen (secondary N) is 1. The number of piperidine rings is 1. The molecule has 0 aromatic carbocycles. The lowest BCUT2D eigenvalue weighted by Crippen LogP contribution is -2.38. The van der Waals surface area contributed by atoms with Crippen LogP contribution < -0.4 is 5.32 Å². The number of pyridine rings is 1. The first-order chi connectivity index (χ1) is 10.8. The maximum absolute atomic E-state index is 4.37. The molecule has 5 heteroatoms. The highest BCUT2D eigenvalue weighted by Crippen LogP contribution is 2.17. The number of unbranched alkanes of at least 4 members (excludes halogenated alkanes) is 1. The first-order valence-electron chi connectivity index (χ1n) is 8.38. The van der Waals surface area contributed by atoms with Crippen LogP contribution in [-0.4, -0.2) is 45.5 Å². The molecule has 0 radical (unpaired) electrons. The van der Waals surface area contributed by atoms with Crippen LogP contribution in [0, 0.1) is 0 Å². The van der Waals surface area contributed by atoms with Crippen molar-refractivity contribution in [2.75, 3.05) is 25.0 Å². The molecule has 118 valence electrons. The van der Waals surface area contributed by atoms with E-state index >= 15 is 0 Å². The Morgan fingerprint density at radius 3 is 3.09 bits per heavy atom. The monoisotopic (exact) mass is 299 g/mol. The summed E-state index contributed by atoms with van der Waals surface area (Å²) in [6.45, 7) is 5.78. The molecule has 0 spiro atoms. The minimum atomic E-state index is 0.761. The van der Waals surface area contributed by atoms with Crippen molar-refractivity contribution in [3.8, 4) is 0 Å². The van der Waals surface area contributed by atoms with Gasteiger partial charge >= 0.3 is 0 Å². The number of hydrogen-bond acceptors (Lipinski definition) is 5. The second kappa shape index (κ2) is 7.49. The molecule has 22 heavy (non-hydrogen) atoms. The minimum Gasteiger partial charge on any atom is -0.368 e. The average Bonchev–Trinajstić information content (AvgIpc) is 2.56. The lowest BCUT2D eigenvalue weighted by Gasteiger charge is -2.33. The van der Waals surface area contributed by atoms with Crippen molar-refractivity contribution in [1.82, 2.24) is 19.9 Å². The summed E-state index contributed by atoms with van der Waals surface area (Å²) in [6.07, 6.45) is 9.89. The Hall–Kier alpha value is -1.75. The zero-order chi connectivity index (χ0) is 15.2. The fourth-order valence-corrected chi connectivity index (χ4v) is 3.16. The first-order valence-corrected chi connectivity index (χ1v) is 8.38. The molecule has 2 aromatic heterocycles. The fraction of sp³-hybridized carbons (Fsp3) is 0.588. The summed E-state index contributed by atoms with van der Waals surface area (Å²) >= 11 is 0. The summed E-state index contributed by atoms with van der Waals surface area (Å²) in [5.74, 6) is 0.844. The van der Waals surface area contributed by atoms with Gasteiger partial charge in [0, 0.05) is 18.8 Å². The third kappa shape index (κ3) is 3.71. The molecular formula is C17H25N5. The van der Waals surface area contributed by atoms with Gasteiger partial charge in [0.1, 0.15) is 11.8 Å². The van der Waals surface area contributed by atoms with E-state index in [1.54, 1.807) is 12.5 Å². The fourth-order valence-electron chi connectivity index (χ4n) is 3.16. The molecule has 5 nitrogen and oxygen atoms in total. The molecule has 1 aliphatic heterocycles. The molecule has 3 heterocycles. The van der Waals surface area contributed by atoms with E-state index in [0.29, 0.717) is 0 Å². The molecule has 0 saturated carbocycles. The van der Waals surface area contributed by atoms with Crippen LogP contribution in [0.25, 0.3) is 11.0 Å². The van der Waals surface area contributed by atoms with Gasteiger partial charge in [-0.3, -0.25) is 4.98 Å². The van der Waals surface area contributed by atoms with Gasteiger partial charge in [-0.25, -0.2) is 9.97 Å². The molecule has 1 saturated heterocycles. The van der Waals surface area contributed by atoms with Crippen molar-refractivity contribution in [3.05, 3.63) is 24.7 Å². The summed E-state index contributed by atoms with van der Waals surface area (Å²) in [7, 11) is 0. The Morgan fingerprint density at radius 1 is 1.23 bits per heavy atom. The van der Waals surface area contributed by atoms with Gasteiger partial charge in [0.15, 0.2) is 5.82 Å². The molecule has 0 aliphatic carbocycles. The summed E-state index contributed by atoms with van der Waals surface area (Å²) in [6, 6.07) is 4.63. The number of fused-ring (bicyclic) bond motifs is 1. The van der Waals surface area contributed by atoms with Crippen LogP contribution in [0.5, 0.6) is 0 Å². The molecule has 0 bridgehead atoms. The highest BCUT2D eigenvalue weighted by Gasteiger charge is 2.16. The highest BCUT2D eigenvalue weighted by atomic mass is 15.2. The second-order valence-corrected chi connectivity index (χ2v) is 6.11. The Labute approximate surface area is 132 Å². The smallest absolute Gasteiger partial charge is 0.156 e. The molecule has 0 amide bonds. The topological polar surface area (TPSA) is 53.9 Å². The standard InChI is InChI=1S/C17H25N5/c1-14-7-2-4-11-22(14)12-5-3-9-19-17-16-15(20-13-21-17)8-6-10-18-16/h6,8,10,13-14H,2-5,7,9,11-12H2,1H3,(H,19,20,21). The summed E-state index contributed by atoms with van der Waals surface area (Å²) in [5, 5.41) is 3.40. The van der Waals surface area contributed by atoms with E-state index in [0.717, 1.165) is 35.9 Å². The van der Waals surface area contributed by atoms with Gasteiger partial charge in [0.05, 0.1) is 5.52 Å². The zero-order valence-corrected chi connectivity index (χ0v) is 13.3. The molecule has 2 aromatic rings. The Balaban J connectivity index is 1.44. The van der Waals surface area contributed by atoms with Crippen molar-refractivity contribution < 1.29 is 0 Å². The normalized spacial score (nSPS) is 19.4. The van der Waals surface area contributed by atoms with Gasteiger partial charge in [0.2, 0.25) is 0 Å². The number of anilines is 1. The van der Waals surface area contributed by atoms with Crippen molar-refractivity contribution in [1.29, 1.82) is 0 Å². The third-order valence-corrected chi connectivity index (χ3v) is 4.50. The van der Waals surface area contributed by atoms with Gasteiger partial charge in [-0.2, -0.15) is 0 Å². The number of aromatic nitrogens is 3. The Bertz CT molecular complexity index is 595. The average molecular weight is 299 g/mol. The van der Waals surface area contributed by atoms with Crippen molar-refractivity contribution in [2.45, 2.75) is 45.1 Å². The van der Waals surface area contributed by atoms with E-state index in [1.807, 2.05) is 12.1 Å². The van der Waals surface area contributed by atoms with Crippen LogP contribution in [-0.2, 0) is 0 Å². The second-order valence-electron chi connectivity index (χ2n) is 6.11. The van der Waals surface area contributed by atoms with Crippen molar-refractivity contribution in [3.63, 3.8) is 0 Å². The molecule has 1 aliphatic rings. The van der Waals surface area contributed by atoms with Crippen LogP contribution in [0.3, 0.4) is 0 Å². The molecule has 1 atom stereocenters. The van der Waals surface area contributed by atoms with Crippen molar-refractivity contribution >= 4 is 16.9 Å². The minimum absolute atomic E-state index is 0.761. The van der Waals surface area contributed by atoms with E-state index in [1.165, 1.54) is 38.8 Å². The van der Waals surface area contributed by atoms with Crippen LogP contribution in [0.2, 0.25) is 0 Å². The zero-order valence-electron chi connectivity index (χ0n) is 13.3. The molecule has 3 rings (SSSR count). The quantitative estimate of drug-likeness (QED) is 0.831. The highest BCUT2D eigenvalue weighted by molar-refractivity contribution is 5.84. The first kappa shape index (κ1) is 15.2. The Kier molecular flexibility index (Phi) is 5.16. The molecule has 1 N–H and O–H groups in total. The number of likely N-dealkylation sites (tertiary alicyclic amines) is 1. The van der Waals surface area contributed by atoms with Gasteiger partial charge in [-0.15, -0.1) is 0 Å². The third-order valence-electron chi connectivity index (χ3n) is 4.50. The van der Waals surface area contributed by atoms with E-state index in [2.05, 4.69) is 32.1 Å². The number of nitrogens with zero attached hydrogens (tertiary/aromatic N) is 4. The van der Waals surface area contributed by atoms with E-state index in [-0.39, 0.29) is 0 Å². The summed E-state index contributed by atoms with van der Waals surface area (Å²) in [4.78, 5) is 15.5. The van der Waals surface area contributed by atoms with E-state index in [9.17, 15) is 0 Å². The summed E-state index contributed by atoms with van der Waals surface area (Å²) < 4.78 is 0. The maximum atomic E-state index is 4.37. The van der Waals surface area contributed by atoms with Gasteiger partial charge in [-0.1, -0.05) is 6.42 Å². The lowest BCUT2D eigenvalue weighted by molar-refractivity contribution is 0.158.